The van der Waals surface area contributed by atoms with Crippen LogP contribution in [0.5, 0.6) is 0 Å². The molecule has 2 atom stereocenters. The minimum Gasteiger partial charge on any atom is -0.324 e. The molecule has 0 heterocycles. The molecule has 0 aliphatic heterocycles. The highest BCUT2D eigenvalue weighted by atomic mass is 35.5. The molecular weight excluding hydrogens is 457 g/mol. The predicted molar refractivity (Wildman–Crippen MR) is 126 cm³/mol. The van der Waals surface area contributed by atoms with Gasteiger partial charge in [-0.1, -0.05) is 73.8 Å². The van der Waals surface area contributed by atoms with Crippen molar-refractivity contribution < 1.29 is 9.59 Å². The molecule has 2 fully saturated rings. The fourth-order valence-corrected chi connectivity index (χ4v) is 5.55. The van der Waals surface area contributed by atoms with Gasteiger partial charge >= 0.3 is 0 Å². The SMILES string of the molecule is CC12CCC(C(=O)Nc3cc(Cl)c(Cl)cc3Cl)(C(=O)/C1=N\Nc1ccccc1)C2(C)C. The van der Waals surface area contributed by atoms with E-state index in [4.69, 9.17) is 34.8 Å². The molecule has 2 aliphatic carbocycles. The third kappa shape index (κ3) is 3.09. The molecule has 2 N–H and O–H groups in total. The van der Waals surface area contributed by atoms with Gasteiger partial charge in [0.05, 0.1) is 26.4 Å². The first kappa shape index (κ1) is 22.1. The van der Waals surface area contributed by atoms with Crippen LogP contribution in [-0.4, -0.2) is 17.4 Å². The molecule has 2 aromatic carbocycles. The summed E-state index contributed by atoms with van der Waals surface area (Å²) in [4.78, 5) is 27.2. The standard InChI is InChI=1S/C23H22Cl3N3O2/c1-21(2)22(3)9-10-23(21,19(30)18(22)29-28-13-7-5-4-6-8-13)20(31)27-17-12-15(25)14(24)11-16(17)26/h4-8,11-12,28H,9-10H2,1-3H3,(H,27,31)/b29-18+. The van der Waals surface area contributed by atoms with Crippen molar-refractivity contribution in [1.29, 1.82) is 0 Å². The van der Waals surface area contributed by atoms with E-state index in [0.717, 1.165) is 5.69 Å². The van der Waals surface area contributed by atoms with Crippen molar-refractivity contribution in [3.05, 3.63) is 57.5 Å². The van der Waals surface area contributed by atoms with Crippen molar-refractivity contribution in [2.24, 2.45) is 21.3 Å². The van der Waals surface area contributed by atoms with Gasteiger partial charge in [-0.05, 0) is 42.5 Å². The molecular formula is C23H22Cl3N3O2. The Morgan fingerprint density at radius 1 is 0.968 bits per heavy atom. The number of fused-ring (bicyclic) bond motifs is 2. The second-order valence-electron chi connectivity index (χ2n) is 8.83. The number of nitrogens with zero attached hydrogens (tertiary/aromatic N) is 1. The number of hydrogen-bond donors (Lipinski definition) is 2. The lowest BCUT2D eigenvalue weighted by molar-refractivity contribution is -0.139. The van der Waals surface area contributed by atoms with Crippen LogP contribution in [0, 0.1) is 16.2 Å². The fraction of sp³-hybridized carbons (Fsp3) is 0.348. The van der Waals surface area contributed by atoms with Crippen LogP contribution in [0.15, 0.2) is 47.6 Å². The van der Waals surface area contributed by atoms with Crippen LogP contribution in [0.1, 0.15) is 33.6 Å². The van der Waals surface area contributed by atoms with E-state index in [1.807, 2.05) is 51.1 Å². The van der Waals surface area contributed by atoms with Crippen molar-refractivity contribution in [3.63, 3.8) is 0 Å². The highest BCUT2D eigenvalue weighted by Gasteiger charge is 2.76. The number of carbonyl (C=O) groups is 2. The molecule has 0 saturated heterocycles. The number of benzene rings is 2. The quantitative estimate of drug-likeness (QED) is 0.301. The molecule has 2 unspecified atom stereocenters. The smallest absolute Gasteiger partial charge is 0.239 e. The van der Waals surface area contributed by atoms with Gasteiger partial charge in [0.15, 0.2) is 5.78 Å². The number of rotatable bonds is 4. The van der Waals surface area contributed by atoms with E-state index in [1.54, 1.807) is 0 Å². The number of hydrogen-bond acceptors (Lipinski definition) is 4. The Labute approximate surface area is 196 Å². The van der Waals surface area contributed by atoms with Crippen molar-refractivity contribution in [3.8, 4) is 0 Å². The van der Waals surface area contributed by atoms with E-state index in [-0.39, 0.29) is 20.9 Å². The highest BCUT2D eigenvalue weighted by molar-refractivity contribution is 6.51. The van der Waals surface area contributed by atoms with Crippen LogP contribution in [-0.2, 0) is 9.59 Å². The Bertz CT molecular complexity index is 1120. The largest absolute Gasteiger partial charge is 0.324 e. The second-order valence-corrected chi connectivity index (χ2v) is 10.1. The maximum Gasteiger partial charge on any atom is 0.239 e. The van der Waals surface area contributed by atoms with Gasteiger partial charge in [-0.15, -0.1) is 0 Å². The summed E-state index contributed by atoms with van der Waals surface area (Å²) < 4.78 is 0. The van der Waals surface area contributed by atoms with Gasteiger partial charge in [0.1, 0.15) is 11.1 Å². The molecule has 0 aromatic heterocycles. The number of ketones is 1. The molecule has 0 radical (unpaired) electrons. The Morgan fingerprint density at radius 2 is 1.61 bits per heavy atom. The van der Waals surface area contributed by atoms with Crippen LogP contribution < -0.4 is 10.7 Å². The van der Waals surface area contributed by atoms with Gasteiger partial charge in [0.2, 0.25) is 5.91 Å². The summed E-state index contributed by atoms with van der Waals surface area (Å²) >= 11 is 18.4. The second kappa shape index (κ2) is 7.51. The highest BCUT2D eigenvalue weighted by Crippen LogP contribution is 2.69. The lowest BCUT2D eigenvalue weighted by atomic mass is 9.64. The summed E-state index contributed by atoms with van der Waals surface area (Å²) in [6, 6.07) is 12.4. The zero-order valence-electron chi connectivity index (χ0n) is 17.4. The monoisotopic (exact) mass is 477 g/mol. The average Bonchev–Trinajstić information content (AvgIpc) is 3.00. The topological polar surface area (TPSA) is 70.6 Å². The Hall–Kier alpha value is -2.08. The molecule has 1 amide bonds. The van der Waals surface area contributed by atoms with Crippen LogP contribution >= 0.6 is 34.8 Å². The van der Waals surface area contributed by atoms with E-state index < -0.39 is 22.2 Å². The number of hydrazone groups is 1. The summed E-state index contributed by atoms with van der Waals surface area (Å²) in [5.41, 5.74) is 2.00. The molecule has 5 nitrogen and oxygen atoms in total. The summed E-state index contributed by atoms with van der Waals surface area (Å²) in [5.74, 6) is -0.667. The fourth-order valence-electron chi connectivity index (χ4n) is 4.95. The van der Waals surface area contributed by atoms with E-state index in [0.29, 0.717) is 24.2 Å². The van der Waals surface area contributed by atoms with Gasteiger partial charge in [-0.25, -0.2) is 0 Å². The molecule has 2 saturated carbocycles. The van der Waals surface area contributed by atoms with Gasteiger partial charge < -0.3 is 5.32 Å². The third-order valence-electron chi connectivity index (χ3n) is 7.29. The first-order valence-electron chi connectivity index (χ1n) is 9.94. The zero-order valence-corrected chi connectivity index (χ0v) is 19.6. The molecule has 162 valence electrons. The summed E-state index contributed by atoms with van der Waals surface area (Å²) in [6.07, 6.45) is 1.11. The Balaban J connectivity index is 1.71. The van der Waals surface area contributed by atoms with Crippen LogP contribution in [0.2, 0.25) is 15.1 Å². The van der Waals surface area contributed by atoms with Crippen molar-refractivity contribution in [2.75, 3.05) is 10.7 Å². The number of nitrogens with one attached hydrogen (secondary N) is 2. The molecule has 0 spiro atoms. The van der Waals surface area contributed by atoms with Crippen molar-refractivity contribution in [2.45, 2.75) is 33.6 Å². The van der Waals surface area contributed by atoms with E-state index in [1.165, 1.54) is 12.1 Å². The number of carbonyl (C=O) groups excluding carboxylic acids is 2. The van der Waals surface area contributed by atoms with E-state index >= 15 is 0 Å². The van der Waals surface area contributed by atoms with Gasteiger partial charge in [0.25, 0.3) is 0 Å². The van der Waals surface area contributed by atoms with Crippen molar-refractivity contribution >= 4 is 63.6 Å². The lowest BCUT2D eigenvalue weighted by Crippen LogP contribution is -2.47. The van der Waals surface area contributed by atoms with Gasteiger partial charge in [0, 0.05) is 5.41 Å². The average molecular weight is 479 g/mol. The summed E-state index contributed by atoms with van der Waals surface area (Å²) in [7, 11) is 0. The van der Waals surface area contributed by atoms with E-state index in [2.05, 4.69) is 15.8 Å². The molecule has 2 aliphatic rings. The minimum atomic E-state index is -1.26. The Morgan fingerprint density at radius 3 is 2.29 bits per heavy atom. The third-order valence-corrected chi connectivity index (χ3v) is 8.32. The molecule has 8 heteroatoms. The molecule has 2 bridgehead atoms. The van der Waals surface area contributed by atoms with Crippen LogP contribution in [0.3, 0.4) is 0 Å². The summed E-state index contributed by atoms with van der Waals surface area (Å²) in [5, 5.41) is 8.11. The number of Topliss-reactive ketones (excluding diaryl/α,β-unsaturated/α-hetero) is 1. The number of para-hydroxylation sites is 1. The van der Waals surface area contributed by atoms with Crippen molar-refractivity contribution in [1.82, 2.24) is 0 Å². The maximum absolute atomic E-state index is 13.7. The number of anilines is 2. The molecule has 4 rings (SSSR count). The lowest BCUT2D eigenvalue weighted by Gasteiger charge is -2.37. The van der Waals surface area contributed by atoms with Gasteiger partial charge in [-0.3, -0.25) is 15.0 Å². The Kier molecular flexibility index (Phi) is 5.36. The summed E-state index contributed by atoms with van der Waals surface area (Å²) in [6.45, 7) is 5.92. The zero-order chi connectivity index (χ0) is 22.6. The first-order chi connectivity index (χ1) is 14.5. The maximum atomic E-state index is 13.7. The van der Waals surface area contributed by atoms with Crippen LogP contribution in [0.25, 0.3) is 0 Å². The normalized spacial score (nSPS) is 27.5. The molecule has 2 aromatic rings. The van der Waals surface area contributed by atoms with Gasteiger partial charge in [-0.2, -0.15) is 5.10 Å². The van der Waals surface area contributed by atoms with Crippen LogP contribution in [0.4, 0.5) is 11.4 Å². The first-order valence-corrected chi connectivity index (χ1v) is 11.1. The molecule has 31 heavy (non-hydrogen) atoms. The van der Waals surface area contributed by atoms with E-state index in [9.17, 15) is 9.59 Å². The number of amides is 1. The minimum absolute atomic E-state index is 0.253. The predicted octanol–water partition coefficient (Wildman–Crippen LogP) is 6.45. The number of halogens is 3.